The highest BCUT2D eigenvalue weighted by Gasteiger charge is 2.23. The van der Waals surface area contributed by atoms with Crippen LogP contribution < -0.4 is 10.6 Å². The highest BCUT2D eigenvalue weighted by Crippen LogP contribution is 2.24. The van der Waals surface area contributed by atoms with E-state index in [0.717, 1.165) is 57.5 Å². The zero-order valence-electron chi connectivity index (χ0n) is 12.8. The second-order valence-corrected chi connectivity index (χ2v) is 6.08. The summed E-state index contributed by atoms with van der Waals surface area (Å²) in [6.07, 6.45) is 3.34. The van der Waals surface area contributed by atoms with Gasteiger partial charge in [-0.2, -0.15) is 0 Å². The van der Waals surface area contributed by atoms with Crippen molar-refractivity contribution in [2.24, 2.45) is 0 Å². The molecular formula is C17H25N3O. The van der Waals surface area contributed by atoms with E-state index >= 15 is 0 Å². The van der Waals surface area contributed by atoms with Gasteiger partial charge in [0.1, 0.15) is 0 Å². The lowest BCUT2D eigenvalue weighted by molar-refractivity contribution is 0.0846. The van der Waals surface area contributed by atoms with Crippen molar-refractivity contribution in [2.45, 2.75) is 32.2 Å². The lowest BCUT2D eigenvalue weighted by Crippen LogP contribution is -2.41. The van der Waals surface area contributed by atoms with E-state index < -0.39 is 0 Å². The van der Waals surface area contributed by atoms with Gasteiger partial charge in [-0.25, -0.2) is 0 Å². The minimum atomic E-state index is -0.0282. The Labute approximate surface area is 126 Å². The molecule has 2 heterocycles. The molecule has 3 rings (SSSR count). The minimum absolute atomic E-state index is 0.0282. The van der Waals surface area contributed by atoms with Gasteiger partial charge in [0.05, 0.1) is 6.04 Å². The molecule has 21 heavy (non-hydrogen) atoms. The number of carbonyl (C=O) groups excluding carboxylic acids is 1. The Morgan fingerprint density at radius 3 is 3.00 bits per heavy atom. The number of rotatable bonds is 3. The Morgan fingerprint density at radius 2 is 2.10 bits per heavy atom. The number of ketones is 1. The van der Waals surface area contributed by atoms with Gasteiger partial charge < -0.3 is 10.6 Å². The second kappa shape index (κ2) is 6.58. The standard InChI is InChI=1S/C17H25N3O/c1-13(20-10-3-7-18-9-11-20)17(21)15-5-6-16-14(12-15)4-2-8-19-16/h5-6,12-13,18-19H,2-4,7-11H2,1H3. The molecule has 0 saturated carbocycles. The molecule has 0 aromatic heterocycles. The molecule has 1 fully saturated rings. The molecule has 4 nitrogen and oxygen atoms in total. The molecule has 0 amide bonds. The summed E-state index contributed by atoms with van der Waals surface area (Å²) in [6, 6.07) is 6.11. The fourth-order valence-corrected chi connectivity index (χ4v) is 3.29. The minimum Gasteiger partial charge on any atom is -0.385 e. The molecular weight excluding hydrogens is 262 g/mol. The van der Waals surface area contributed by atoms with E-state index in [1.165, 1.54) is 11.3 Å². The molecule has 4 heteroatoms. The second-order valence-electron chi connectivity index (χ2n) is 6.08. The maximum atomic E-state index is 12.8. The van der Waals surface area contributed by atoms with Crippen LogP contribution in [0.25, 0.3) is 0 Å². The van der Waals surface area contributed by atoms with Gasteiger partial charge in [-0.3, -0.25) is 9.69 Å². The van der Waals surface area contributed by atoms with Crippen LogP contribution in [0.15, 0.2) is 18.2 Å². The van der Waals surface area contributed by atoms with Crippen molar-refractivity contribution in [3.63, 3.8) is 0 Å². The Balaban J connectivity index is 1.74. The Hall–Kier alpha value is -1.39. The van der Waals surface area contributed by atoms with E-state index in [1.54, 1.807) is 0 Å². The van der Waals surface area contributed by atoms with E-state index in [1.807, 2.05) is 13.0 Å². The van der Waals surface area contributed by atoms with E-state index in [4.69, 9.17) is 0 Å². The van der Waals surface area contributed by atoms with Gasteiger partial charge in [-0.05, 0) is 56.5 Å². The first kappa shape index (κ1) is 14.5. The summed E-state index contributed by atoms with van der Waals surface area (Å²) in [5.74, 6) is 0.255. The lowest BCUT2D eigenvalue weighted by Gasteiger charge is -2.26. The van der Waals surface area contributed by atoms with Gasteiger partial charge in [-0.15, -0.1) is 0 Å². The molecule has 2 aliphatic heterocycles. The molecule has 0 spiro atoms. The molecule has 1 aromatic rings. The van der Waals surface area contributed by atoms with Crippen LogP contribution in [0, 0.1) is 0 Å². The Kier molecular flexibility index (Phi) is 4.56. The third-order valence-corrected chi connectivity index (χ3v) is 4.63. The molecule has 1 atom stereocenters. The van der Waals surface area contributed by atoms with E-state index in [0.29, 0.717) is 0 Å². The number of nitrogens with zero attached hydrogens (tertiary/aromatic N) is 1. The molecule has 0 radical (unpaired) electrons. The first-order valence-electron chi connectivity index (χ1n) is 8.11. The lowest BCUT2D eigenvalue weighted by atomic mass is 9.96. The van der Waals surface area contributed by atoms with Crippen molar-refractivity contribution in [2.75, 3.05) is 38.0 Å². The van der Waals surface area contributed by atoms with Gasteiger partial charge in [0.25, 0.3) is 0 Å². The average molecular weight is 287 g/mol. The third-order valence-electron chi connectivity index (χ3n) is 4.63. The maximum Gasteiger partial charge on any atom is 0.179 e. The molecule has 1 saturated heterocycles. The van der Waals surface area contributed by atoms with Crippen molar-refractivity contribution >= 4 is 11.5 Å². The zero-order valence-corrected chi connectivity index (χ0v) is 12.8. The number of benzene rings is 1. The fourth-order valence-electron chi connectivity index (χ4n) is 3.29. The molecule has 0 bridgehead atoms. The topological polar surface area (TPSA) is 44.4 Å². The van der Waals surface area contributed by atoms with Gasteiger partial charge in [0.15, 0.2) is 5.78 Å². The quantitative estimate of drug-likeness (QED) is 0.834. The molecule has 114 valence electrons. The molecule has 0 aliphatic carbocycles. The van der Waals surface area contributed by atoms with Crippen molar-refractivity contribution < 1.29 is 4.79 Å². The smallest absolute Gasteiger partial charge is 0.179 e. The number of hydrogen-bond donors (Lipinski definition) is 2. The number of aryl methyl sites for hydroxylation is 1. The number of anilines is 1. The predicted octanol–water partition coefficient (Wildman–Crippen LogP) is 1.91. The van der Waals surface area contributed by atoms with Crippen LogP contribution in [-0.2, 0) is 6.42 Å². The van der Waals surface area contributed by atoms with Crippen molar-refractivity contribution in [1.82, 2.24) is 10.2 Å². The van der Waals surface area contributed by atoms with E-state index in [9.17, 15) is 4.79 Å². The summed E-state index contributed by atoms with van der Waals surface area (Å²) in [6.45, 7) is 7.09. The summed E-state index contributed by atoms with van der Waals surface area (Å²) >= 11 is 0. The fraction of sp³-hybridized carbons (Fsp3) is 0.588. The number of fused-ring (bicyclic) bond motifs is 1. The number of carbonyl (C=O) groups is 1. The maximum absolute atomic E-state index is 12.8. The first-order valence-corrected chi connectivity index (χ1v) is 8.11. The van der Waals surface area contributed by atoms with Crippen LogP contribution in [0.1, 0.15) is 35.7 Å². The van der Waals surface area contributed by atoms with Crippen LogP contribution in [-0.4, -0.2) is 49.4 Å². The molecule has 2 aliphatic rings. The van der Waals surface area contributed by atoms with Crippen molar-refractivity contribution in [3.05, 3.63) is 29.3 Å². The van der Waals surface area contributed by atoms with Gasteiger partial charge in [0, 0.05) is 37.4 Å². The highest BCUT2D eigenvalue weighted by molar-refractivity contribution is 6.00. The molecule has 1 unspecified atom stereocenters. The van der Waals surface area contributed by atoms with Gasteiger partial charge in [0.2, 0.25) is 0 Å². The SMILES string of the molecule is CC(C(=O)c1ccc2c(c1)CCCN2)N1CCCNCC1. The summed E-state index contributed by atoms with van der Waals surface area (Å²) in [7, 11) is 0. The zero-order chi connectivity index (χ0) is 14.7. The summed E-state index contributed by atoms with van der Waals surface area (Å²) in [5.41, 5.74) is 3.35. The highest BCUT2D eigenvalue weighted by atomic mass is 16.1. The first-order chi connectivity index (χ1) is 10.3. The average Bonchev–Trinajstić information content (AvgIpc) is 2.82. The van der Waals surface area contributed by atoms with Crippen LogP contribution in [0.2, 0.25) is 0 Å². The summed E-state index contributed by atoms with van der Waals surface area (Å²) in [4.78, 5) is 15.1. The van der Waals surface area contributed by atoms with Crippen LogP contribution in [0.5, 0.6) is 0 Å². The number of nitrogens with one attached hydrogen (secondary N) is 2. The normalized spacial score (nSPS) is 21.0. The third kappa shape index (κ3) is 3.27. The number of hydrogen-bond acceptors (Lipinski definition) is 4. The largest absolute Gasteiger partial charge is 0.385 e. The van der Waals surface area contributed by atoms with E-state index in [-0.39, 0.29) is 11.8 Å². The summed E-state index contributed by atoms with van der Waals surface area (Å²) < 4.78 is 0. The van der Waals surface area contributed by atoms with Crippen LogP contribution in [0.4, 0.5) is 5.69 Å². The van der Waals surface area contributed by atoms with Gasteiger partial charge >= 0.3 is 0 Å². The summed E-state index contributed by atoms with van der Waals surface area (Å²) in [5, 5.41) is 6.79. The molecule has 1 aromatic carbocycles. The number of Topliss-reactive ketones (excluding diaryl/α,β-unsaturated/α-hetero) is 1. The van der Waals surface area contributed by atoms with Crippen molar-refractivity contribution in [3.8, 4) is 0 Å². The van der Waals surface area contributed by atoms with Crippen LogP contribution >= 0.6 is 0 Å². The Bertz CT molecular complexity index is 507. The van der Waals surface area contributed by atoms with Crippen LogP contribution in [0.3, 0.4) is 0 Å². The van der Waals surface area contributed by atoms with E-state index in [2.05, 4.69) is 27.7 Å². The monoisotopic (exact) mass is 287 g/mol. The Morgan fingerprint density at radius 1 is 1.19 bits per heavy atom. The van der Waals surface area contributed by atoms with Gasteiger partial charge in [-0.1, -0.05) is 0 Å². The molecule has 2 N–H and O–H groups in total. The predicted molar refractivity (Wildman–Crippen MR) is 86.1 cm³/mol. The van der Waals surface area contributed by atoms with Crippen molar-refractivity contribution in [1.29, 1.82) is 0 Å².